The van der Waals surface area contributed by atoms with E-state index in [0.29, 0.717) is 11.5 Å². The number of rotatable bonds is 2. The summed E-state index contributed by atoms with van der Waals surface area (Å²) < 4.78 is 0. The normalized spacial score (nSPS) is 12.3. The van der Waals surface area contributed by atoms with Crippen LogP contribution in [0.15, 0.2) is 23.9 Å². The Labute approximate surface area is 78.2 Å². The number of aliphatic hydroxyl groups is 1. The van der Waals surface area contributed by atoms with Gasteiger partial charge in [0.2, 0.25) is 0 Å². The van der Waals surface area contributed by atoms with Crippen LogP contribution < -0.4 is 0 Å². The summed E-state index contributed by atoms with van der Waals surface area (Å²) in [6.07, 6.45) is 2.80. The second-order valence-electron chi connectivity index (χ2n) is 3.22. The van der Waals surface area contributed by atoms with Crippen molar-refractivity contribution in [2.45, 2.75) is 26.9 Å². The highest BCUT2D eigenvalue weighted by atomic mass is 16.3. The molecule has 0 aromatic carbocycles. The molecule has 1 rings (SSSR count). The minimum Gasteiger partial charge on any atom is -0.383 e. The summed E-state index contributed by atoms with van der Waals surface area (Å²) >= 11 is 0. The van der Waals surface area contributed by atoms with E-state index in [0.717, 1.165) is 5.57 Å². The minimum atomic E-state index is -0.619. The minimum absolute atomic E-state index is 0.619. The lowest BCUT2D eigenvalue weighted by Gasteiger charge is -2.05. The van der Waals surface area contributed by atoms with Crippen molar-refractivity contribution in [2.24, 2.45) is 0 Å². The zero-order chi connectivity index (χ0) is 9.84. The Kier molecular flexibility index (Phi) is 3.14. The molecule has 0 radical (unpaired) electrons. The van der Waals surface area contributed by atoms with Crippen molar-refractivity contribution in [3.8, 4) is 0 Å². The Balaban J connectivity index is 2.89. The summed E-state index contributed by atoms with van der Waals surface area (Å²) in [7, 11) is 0. The molecule has 0 aliphatic rings. The summed E-state index contributed by atoms with van der Waals surface area (Å²) in [5, 5.41) is 9.65. The molecule has 1 heterocycles. The SMILES string of the molecule is CC(C)=CC(O)c1ccnc(C)n1. The van der Waals surface area contributed by atoms with Crippen LogP contribution >= 0.6 is 0 Å². The smallest absolute Gasteiger partial charge is 0.125 e. The van der Waals surface area contributed by atoms with Crippen molar-refractivity contribution < 1.29 is 5.11 Å². The van der Waals surface area contributed by atoms with Crippen molar-refractivity contribution in [1.82, 2.24) is 9.97 Å². The molecule has 1 N–H and O–H groups in total. The van der Waals surface area contributed by atoms with Crippen molar-refractivity contribution in [3.05, 3.63) is 35.4 Å². The Bertz CT molecular complexity index is 316. The third kappa shape index (κ3) is 2.95. The first kappa shape index (κ1) is 9.86. The van der Waals surface area contributed by atoms with Gasteiger partial charge in [-0.15, -0.1) is 0 Å². The van der Waals surface area contributed by atoms with E-state index in [1.165, 1.54) is 0 Å². The van der Waals surface area contributed by atoms with E-state index >= 15 is 0 Å². The van der Waals surface area contributed by atoms with Gasteiger partial charge in [0.1, 0.15) is 11.9 Å². The van der Waals surface area contributed by atoms with Crippen LogP contribution in [0.3, 0.4) is 0 Å². The van der Waals surface area contributed by atoms with Crippen molar-refractivity contribution >= 4 is 0 Å². The molecule has 3 nitrogen and oxygen atoms in total. The van der Waals surface area contributed by atoms with Gasteiger partial charge in [0.15, 0.2) is 0 Å². The largest absolute Gasteiger partial charge is 0.383 e. The van der Waals surface area contributed by atoms with E-state index in [2.05, 4.69) is 9.97 Å². The summed E-state index contributed by atoms with van der Waals surface area (Å²) in [4.78, 5) is 8.08. The Morgan fingerprint density at radius 1 is 1.54 bits per heavy atom. The number of aryl methyl sites for hydroxylation is 1. The van der Waals surface area contributed by atoms with Crippen LogP contribution in [-0.2, 0) is 0 Å². The average Bonchev–Trinajstić information content (AvgIpc) is 2.03. The zero-order valence-electron chi connectivity index (χ0n) is 8.15. The first-order valence-electron chi connectivity index (χ1n) is 4.22. The fourth-order valence-electron chi connectivity index (χ4n) is 1.04. The average molecular weight is 178 g/mol. The van der Waals surface area contributed by atoms with Crippen LogP contribution in [0.25, 0.3) is 0 Å². The van der Waals surface area contributed by atoms with Gasteiger partial charge in [-0.3, -0.25) is 0 Å². The van der Waals surface area contributed by atoms with E-state index in [1.807, 2.05) is 13.8 Å². The molecule has 0 bridgehead atoms. The first-order chi connectivity index (χ1) is 6.09. The van der Waals surface area contributed by atoms with E-state index in [4.69, 9.17) is 0 Å². The lowest BCUT2D eigenvalue weighted by atomic mass is 10.2. The highest BCUT2D eigenvalue weighted by molar-refractivity contribution is 5.13. The van der Waals surface area contributed by atoms with E-state index in [-0.39, 0.29) is 0 Å². The fourth-order valence-corrected chi connectivity index (χ4v) is 1.04. The van der Waals surface area contributed by atoms with Crippen LogP contribution in [0.4, 0.5) is 0 Å². The Morgan fingerprint density at radius 2 is 2.23 bits per heavy atom. The van der Waals surface area contributed by atoms with E-state index < -0.39 is 6.10 Å². The number of hydrogen-bond acceptors (Lipinski definition) is 3. The molecule has 3 heteroatoms. The van der Waals surface area contributed by atoms with Crippen LogP contribution in [0.1, 0.15) is 31.5 Å². The van der Waals surface area contributed by atoms with E-state index in [1.54, 1.807) is 25.3 Å². The standard InChI is InChI=1S/C10H14N2O/c1-7(2)6-10(13)9-4-5-11-8(3)12-9/h4-6,10,13H,1-3H3. The van der Waals surface area contributed by atoms with Crippen molar-refractivity contribution in [3.63, 3.8) is 0 Å². The number of hydrogen-bond donors (Lipinski definition) is 1. The second kappa shape index (κ2) is 4.14. The van der Waals surface area contributed by atoms with Gasteiger partial charge in [0, 0.05) is 6.20 Å². The molecule has 1 aromatic heterocycles. The monoisotopic (exact) mass is 178 g/mol. The molecule has 1 atom stereocenters. The van der Waals surface area contributed by atoms with Crippen molar-refractivity contribution in [2.75, 3.05) is 0 Å². The first-order valence-corrected chi connectivity index (χ1v) is 4.22. The van der Waals surface area contributed by atoms with Gasteiger partial charge in [-0.25, -0.2) is 9.97 Å². The molecule has 0 saturated carbocycles. The summed E-state index contributed by atoms with van der Waals surface area (Å²) in [5.41, 5.74) is 1.72. The predicted octanol–water partition coefficient (Wildman–Crippen LogP) is 1.78. The topological polar surface area (TPSA) is 46.0 Å². The van der Waals surface area contributed by atoms with Crippen LogP contribution in [0, 0.1) is 6.92 Å². The van der Waals surface area contributed by atoms with Gasteiger partial charge in [-0.05, 0) is 26.8 Å². The molecular weight excluding hydrogens is 164 g/mol. The molecule has 13 heavy (non-hydrogen) atoms. The number of nitrogens with zero attached hydrogens (tertiary/aromatic N) is 2. The van der Waals surface area contributed by atoms with Gasteiger partial charge in [-0.2, -0.15) is 0 Å². The quantitative estimate of drug-likeness (QED) is 0.702. The van der Waals surface area contributed by atoms with E-state index in [9.17, 15) is 5.11 Å². The fraction of sp³-hybridized carbons (Fsp3) is 0.400. The molecule has 0 aliphatic heterocycles. The zero-order valence-corrected chi connectivity index (χ0v) is 8.15. The molecule has 70 valence electrons. The summed E-state index contributed by atoms with van der Waals surface area (Å²) in [6, 6.07) is 1.72. The molecule has 0 fully saturated rings. The van der Waals surface area contributed by atoms with Gasteiger partial charge in [0.25, 0.3) is 0 Å². The molecule has 0 aliphatic carbocycles. The third-order valence-electron chi connectivity index (χ3n) is 1.59. The third-order valence-corrected chi connectivity index (χ3v) is 1.59. The molecular formula is C10H14N2O. The number of aromatic nitrogens is 2. The Hall–Kier alpha value is -1.22. The predicted molar refractivity (Wildman–Crippen MR) is 51.2 cm³/mol. The van der Waals surface area contributed by atoms with Gasteiger partial charge in [-0.1, -0.05) is 11.6 Å². The van der Waals surface area contributed by atoms with Gasteiger partial charge in [0.05, 0.1) is 5.69 Å². The molecule has 1 unspecified atom stereocenters. The maximum Gasteiger partial charge on any atom is 0.125 e. The summed E-state index contributed by atoms with van der Waals surface area (Å²) in [5.74, 6) is 0.679. The molecule has 1 aromatic rings. The van der Waals surface area contributed by atoms with Crippen LogP contribution in [0.2, 0.25) is 0 Å². The second-order valence-corrected chi connectivity index (χ2v) is 3.22. The molecule has 0 saturated heterocycles. The van der Waals surface area contributed by atoms with Crippen molar-refractivity contribution in [1.29, 1.82) is 0 Å². The number of aliphatic hydroxyl groups excluding tert-OH is 1. The highest BCUT2D eigenvalue weighted by Crippen LogP contribution is 2.12. The molecule has 0 amide bonds. The maximum atomic E-state index is 9.65. The summed E-state index contributed by atoms with van der Waals surface area (Å²) in [6.45, 7) is 5.69. The lowest BCUT2D eigenvalue weighted by Crippen LogP contribution is -2.00. The number of allylic oxidation sites excluding steroid dienone is 1. The van der Waals surface area contributed by atoms with Gasteiger partial charge < -0.3 is 5.11 Å². The highest BCUT2D eigenvalue weighted by Gasteiger charge is 2.05. The van der Waals surface area contributed by atoms with Gasteiger partial charge >= 0.3 is 0 Å². The van der Waals surface area contributed by atoms with Crippen LogP contribution in [-0.4, -0.2) is 15.1 Å². The maximum absolute atomic E-state index is 9.65. The lowest BCUT2D eigenvalue weighted by molar-refractivity contribution is 0.222. The molecule has 0 spiro atoms. The van der Waals surface area contributed by atoms with Crippen LogP contribution in [0.5, 0.6) is 0 Å². The Morgan fingerprint density at radius 3 is 2.77 bits per heavy atom.